The number of hydrogen-bond acceptors (Lipinski definition) is 0. The van der Waals surface area contributed by atoms with E-state index in [1.54, 1.807) is 0 Å². The SMILES string of the molecule is [CH]1C=CC=CC=CC=CC=CCC1. The molecule has 67 valence electrons. The van der Waals surface area contributed by atoms with Gasteiger partial charge in [-0.1, -0.05) is 60.8 Å². The van der Waals surface area contributed by atoms with E-state index in [1.807, 2.05) is 30.4 Å². The summed E-state index contributed by atoms with van der Waals surface area (Å²) in [4.78, 5) is 0. The molecule has 1 rings (SSSR count). The van der Waals surface area contributed by atoms with E-state index in [1.165, 1.54) is 0 Å². The first-order valence-corrected chi connectivity index (χ1v) is 4.65. The van der Waals surface area contributed by atoms with Gasteiger partial charge in [-0.25, -0.2) is 0 Å². The van der Waals surface area contributed by atoms with Gasteiger partial charge in [-0.2, -0.15) is 0 Å². The molecular formula is C13H15. The second kappa shape index (κ2) is 7.35. The molecule has 0 bridgehead atoms. The maximum atomic E-state index is 2.18. The highest BCUT2D eigenvalue weighted by Gasteiger charge is 1.79. The molecule has 1 aliphatic carbocycles. The van der Waals surface area contributed by atoms with Gasteiger partial charge in [-0.15, -0.1) is 0 Å². The van der Waals surface area contributed by atoms with Crippen LogP contribution >= 0.6 is 0 Å². The average molecular weight is 171 g/mol. The molecular weight excluding hydrogens is 156 g/mol. The maximum absolute atomic E-state index is 2.18. The molecule has 1 aliphatic rings. The highest BCUT2D eigenvalue weighted by atomic mass is 13.8. The molecule has 0 unspecified atom stereocenters. The standard InChI is InChI=1S/C13H15/c1-2-4-6-8-10-12-13-11-9-7-5-3-1/h1-11H,12-13H2. The first-order valence-electron chi connectivity index (χ1n) is 4.65. The van der Waals surface area contributed by atoms with Gasteiger partial charge in [-0.3, -0.25) is 0 Å². The Morgan fingerprint density at radius 2 is 1.00 bits per heavy atom. The van der Waals surface area contributed by atoms with Gasteiger partial charge in [0.05, 0.1) is 0 Å². The van der Waals surface area contributed by atoms with E-state index in [0.717, 1.165) is 12.8 Å². The smallest absolute Gasteiger partial charge is 0.0164 e. The van der Waals surface area contributed by atoms with Crippen LogP contribution in [-0.2, 0) is 0 Å². The molecule has 0 aromatic rings. The summed E-state index contributed by atoms with van der Waals surface area (Å²) in [5.41, 5.74) is 0. The molecule has 0 heteroatoms. The molecule has 0 aliphatic heterocycles. The predicted molar refractivity (Wildman–Crippen MR) is 59.2 cm³/mol. The molecule has 0 saturated heterocycles. The Hall–Kier alpha value is -1.30. The topological polar surface area (TPSA) is 0 Å². The van der Waals surface area contributed by atoms with Crippen molar-refractivity contribution in [2.45, 2.75) is 12.8 Å². The summed E-state index contributed by atoms with van der Waals surface area (Å²) in [6.45, 7) is 0. The average Bonchev–Trinajstić information content (AvgIpc) is 2.18. The predicted octanol–water partition coefficient (Wildman–Crippen LogP) is 3.77. The van der Waals surface area contributed by atoms with Crippen LogP contribution in [0.15, 0.2) is 60.8 Å². The van der Waals surface area contributed by atoms with Gasteiger partial charge in [0.2, 0.25) is 0 Å². The normalized spacial score (nSPS) is 17.8. The largest absolute Gasteiger partial charge is 0.0845 e. The van der Waals surface area contributed by atoms with Crippen LogP contribution in [-0.4, -0.2) is 0 Å². The van der Waals surface area contributed by atoms with Crippen LogP contribution in [0.25, 0.3) is 0 Å². The van der Waals surface area contributed by atoms with Crippen molar-refractivity contribution in [2.24, 2.45) is 0 Å². The number of rotatable bonds is 0. The maximum Gasteiger partial charge on any atom is -0.0164 e. The molecule has 13 heavy (non-hydrogen) atoms. The molecule has 0 atom stereocenters. The van der Waals surface area contributed by atoms with Gasteiger partial charge < -0.3 is 0 Å². The van der Waals surface area contributed by atoms with Gasteiger partial charge in [0, 0.05) is 0 Å². The lowest BCUT2D eigenvalue weighted by molar-refractivity contribution is 1.00. The fraction of sp³-hybridized carbons (Fsp3) is 0.154. The van der Waals surface area contributed by atoms with E-state index in [0.29, 0.717) is 0 Å². The number of allylic oxidation sites excluding steroid dienone is 10. The minimum atomic E-state index is 1.11. The second-order valence-corrected chi connectivity index (χ2v) is 2.78. The first-order chi connectivity index (χ1) is 6.50. The zero-order chi connectivity index (χ0) is 9.19. The van der Waals surface area contributed by atoms with Crippen LogP contribution in [0.4, 0.5) is 0 Å². The van der Waals surface area contributed by atoms with Gasteiger partial charge in [-0.05, 0) is 19.3 Å². The Bertz CT molecular complexity index is 223. The van der Waals surface area contributed by atoms with Gasteiger partial charge in [0.25, 0.3) is 0 Å². The van der Waals surface area contributed by atoms with Crippen LogP contribution in [0, 0.1) is 6.42 Å². The number of hydrogen-bond donors (Lipinski definition) is 0. The Kier molecular flexibility index (Phi) is 5.54. The Morgan fingerprint density at radius 3 is 1.69 bits per heavy atom. The van der Waals surface area contributed by atoms with Crippen LogP contribution < -0.4 is 0 Å². The summed E-state index contributed by atoms with van der Waals surface area (Å²) in [5.74, 6) is 0. The highest BCUT2D eigenvalue weighted by Crippen LogP contribution is 1.98. The Labute approximate surface area is 80.7 Å². The van der Waals surface area contributed by atoms with E-state index in [4.69, 9.17) is 0 Å². The Balaban J connectivity index is 2.51. The van der Waals surface area contributed by atoms with Crippen molar-refractivity contribution < 1.29 is 0 Å². The molecule has 0 N–H and O–H groups in total. The first kappa shape index (κ1) is 9.79. The van der Waals surface area contributed by atoms with E-state index in [9.17, 15) is 0 Å². The van der Waals surface area contributed by atoms with E-state index in [2.05, 4.69) is 36.8 Å². The summed E-state index contributed by atoms with van der Waals surface area (Å²) >= 11 is 0. The molecule has 0 aromatic carbocycles. The third-order valence-electron chi connectivity index (χ3n) is 1.66. The molecule has 0 aromatic heterocycles. The Morgan fingerprint density at radius 1 is 0.462 bits per heavy atom. The lowest BCUT2D eigenvalue weighted by Crippen LogP contribution is -1.69. The molecule has 0 spiro atoms. The van der Waals surface area contributed by atoms with Crippen LogP contribution in [0.3, 0.4) is 0 Å². The highest BCUT2D eigenvalue weighted by molar-refractivity contribution is 5.19. The van der Waals surface area contributed by atoms with Crippen molar-refractivity contribution >= 4 is 0 Å². The summed E-state index contributed by atoms with van der Waals surface area (Å²) < 4.78 is 0. The van der Waals surface area contributed by atoms with E-state index < -0.39 is 0 Å². The molecule has 1 radical (unpaired) electrons. The third kappa shape index (κ3) is 5.92. The molecule has 0 heterocycles. The zero-order valence-electron chi connectivity index (χ0n) is 7.77. The molecule has 0 saturated carbocycles. The van der Waals surface area contributed by atoms with Crippen LogP contribution in [0.5, 0.6) is 0 Å². The van der Waals surface area contributed by atoms with Crippen molar-refractivity contribution in [3.05, 3.63) is 67.2 Å². The van der Waals surface area contributed by atoms with Crippen molar-refractivity contribution in [1.82, 2.24) is 0 Å². The lowest BCUT2D eigenvalue weighted by Gasteiger charge is -1.87. The van der Waals surface area contributed by atoms with Crippen molar-refractivity contribution in [3.8, 4) is 0 Å². The fourth-order valence-corrected chi connectivity index (χ4v) is 0.991. The van der Waals surface area contributed by atoms with Crippen LogP contribution in [0.2, 0.25) is 0 Å². The quantitative estimate of drug-likeness (QED) is 0.520. The molecule has 0 nitrogen and oxygen atoms in total. The lowest BCUT2D eigenvalue weighted by atomic mass is 10.2. The summed E-state index contributed by atoms with van der Waals surface area (Å²) in [5, 5.41) is 0. The summed E-state index contributed by atoms with van der Waals surface area (Å²) in [6.07, 6.45) is 25.0. The monoisotopic (exact) mass is 171 g/mol. The molecule has 0 fully saturated rings. The fourth-order valence-electron chi connectivity index (χ4n) is 0.991. The minimum absolute atomic E-state index is 1.11. The van der Waals surface area contributed by atoms with Crippen molar-refractivity contribution in [2.75, 3.05) is 0 Å². The van der Waals surface area contributed by atoms with Gasteiger partial charge in [0.1, 0.15) is 0 Å². The molecule has 0 amide bonds. The van der Waals surface area contributed by atoms with Crippen molar-refractivity contribution in [3.63, 3.8) is 0 Å². The summed E-state index contributed by atoms with van der Waals surface area (Å²) in [7, 11) is 0. The summed E-state index contributed by atoms with van der Waals surface area (Å²) in [6, 6.07) is 0. The van der Waals surface area contributed by atoms with Gasteiger partial charge >= 0.3 is 0 Å². The third-order valence-corrected chi connectivity index (χ3v) is 1.66. The van der Waals surface area contributed by atoms with E-state index >= 15 is 0 Å². The van der Waals surface area contributed by atoms with Gasteiger partial charge in [0.15, 0.2) is 0 Å². The minimum Gasteiger partial charge on any atom is -0.0845 e. The zero-order valence-corrected chi connectivity index (χ0v) is 7.77. The van der Waals surface area contributed by atoms with Crippen molar-refractivity contribution in [1.29, 1.82) is 0 Å². The van der Waals surface area contributed by atoms with Crippen LogP contribution in [0.1, 0.15) is 12.8 Å². The second-order valence-electron chi connectivity index (χ2n) is 2.78. The van der Waals surface area contributed by atoms with E-state index in [-0.39, 0.29) is 0 Å².